The highest BCUT2D eigenvalue weighted by Crippen LogP contribution is 2.24. The quantitative estimate of drug-likeness (QED) is 0.376. The molecule has 31 heavy (non-hydrogen) atoms. The smallest absolute Gasteiger partial charge is 0.370 e. The lowest BCUT2D eigenvalue weighted by molar-refractivity contribution is -0.148. The molecule has 1 aromatic carbocycles. The minimum Gasteiger partial charge on any atom is -0.478 e. The number of hydrogen-bond acceptors (Lipinski definition) is 8. The Labute approximate surface area is 177 Å². The number of rotatable bonds is 7. The lowest BCUT2D eigenvalue weighted by Gasteiger charge is -2.38. The molecule has 0 unspecified atom stereocenters. The number of carbonyl (C=O) groups is 2. The van der Waals surface area contributed by atoms with Gasteiger partial charge in [-0.1, -0.05) is 35.0 Å². The van der Waals surface area contributed by atoms with Crippen LogP contribution < -0.4 is 5.32 Å². The predicted molar refractivity (Wildman–Crippen MR) is 106 cm³/mol. The Kier molecular flexibility index (Phi) is 6.68. The zero-order valence-corrected chi connectivity index (χ0v) is 16.9. The summed E-state index contributed by atoms with van der Waals surface area (Å²) in [5.74, 6) is -2.57. The molecule has 1 aliphatic heterocycles. The third kappa shape index (κ3) is 5.26. The Morgan fingerprint density at radius 3 is 2.55 bits per heavy atom. The van der Waals surface area contributed by atoms with Crippen LogP contribution in [0.5, 0.6) is 0 Å². The Bertz CT molecular complexity index is 972. The number of nitrogens with zero attached hydrogens (tertiary/aromatic N) is 3. The molecule has 1 aliphatic rings. The molecule has 0 saturated carbocycles. The first kappa shape index (κ1) is 22.4. The van der Waals surface area contributed by atoms with Gasteiger partial charge in [-0.25, -0.2) is 9.48 Å². The molecule has 0 fully saturated rings. The molecule has 1 amide bonds. The van der Waals surface area contributed by atoms with Crippen molar-refractivity contribution in [1.29, 1.82) is 0 Å². The van der Waals surface area contributed by atoms with Crippen LogP contribution >= 0.6 is 0 Å². The molecular formula is C20H24N4O7. The first-order valence-corrected chi connectivity index (χ1v) is 9.56. The van der Waals surface area contributed by atoms with E-state index in [1.165, 1.54) is 11.6 Å². The molecule has 166 valence electrons. The maximum Gasteiger partial charge on any atom is 0.370 e. The monoisotopic (exact) mass is 432 g/mol. The second-order valence-corrected chi connectivity index (χ2v) is 7.39. The van der Waals surface area contributed by atoms with Crippen molar-refractivity contribution in [2.75, 3.05) is 0 Å². The summed E-state index contributed by atoms with van der Waals surface area (Å²) in [6.07, 6.45) is -3.45. The summed E-state index contributed by atoms with van der Waals surface area (Å²) in [7, 11) is 0. The number of benzene rings is 1. The van der Waals surface area contributed by atoms with Crippen molar-refractivity contribution in [2.45, 2.75) is 50.8 Å². The van der Waals surface area contributed by atoms with Crippen LogP contribution in [0.1, 0.15) is 12.5 Å². The number of aromatic nitrogens is 3. The molecule has 5 N–H and O–H groups in total. The van der Waals surface area contributed by atoms with E-state index in [0.29, 0.717) is 5.69 Å². The molecule has 2 aromatic rings. The maximum atomic E-state index is 11.5. The van der Waals surface area contributed by atoms with Gasteiger partial charge >= 0.3 is 5.97 Å². The van der Waals surface area contributed by atoms with Crippen LogP contribution in [0.25, 0.3) is 11.3 Å². The number of hydrogen-bond donors (Lipinski definition) is 5. The van der Waals surface area contributed by atoms with Crippen LogP contribution in [0.2, 0.25) is 0 Å². The fourth-order valence-corrected chi connectivity index (χ4v) is 3.28. The minimum absolute atomic E-state index is 0.186. The molecule has 0 spiro atoms. The van der Waals surface area contributed by atoms with Crippen LogP contribution in [0.3, 0.4) is 0 Å². The van der Waals surface area contributed by atoms with E-state index in [9.17, 15) is 24.9 Å². The number of aliphatic carboxylic acids is 1. The van der Waals surface area contributed by atoms with Crippen molar-refractivity contribution in [1.82, 2.24) is 20.3 Å². The minimum atomic E-state index is -1.65. The zero-order chi connectivity index (χ0) is 22.7. The van der Waals surface area contributed by atoms with E-state index in [-0.39, 0.29) is 6.54 Å². The summed E-state index contributed by atoms with van der Waals surface area (Å²) >= 11 is 0. The molecule has 0 radical (unpaired) electrons. The van der Waals surface area contributed by atoms with Gasteiger partial charge in [-0.05, 0) is 13.0 Å². The van der Waals surface area contributed by atoms with E-state index in [1.54, 1.807) is 6.20 Å². The maximum absolute atomic E-state index is 11.5. The highest BCUT2D eigenvalue weighted by atomic mass is 16.5. The molecule has 3 rings (SSSR count). The number of carboxylic acids is 1. The predicted octanol–water partition coefficient (Wildman–Crippen LogP) is -0.792. The molecule has 11 nitrogen and oxygen atoms in total. The fourth-order valence-electron chi connectivity index (χ4n) is 3.28. The lowest BCUT2D eigenvalue weighted by Crippen LogP contribution is -2.59. The Hall–Kier alpha value is -3.28. The van der Waals surface area contributed by atoms with Gasteiger partial charge in [0.05, 0.1) is 18.8 Å². The molecule has 0 saturated heterocycles. The summed E-state index contributed by atoms with van der Waals surface area (Å²) in [5.41, 5.74) is 2.48. The molecule has 11 heteroatoms. The number of aryl methyl sites for hydroxylation is 1. The Morgan fingerprint density at radius 1 is 1.26 bits per heavy atom. The third-order valence-corrected chi connectivity index (χ3v) is 4.88. The van der Waals surface area contributed by atoms with Crippen LogP contribution in [-0.4, -0.2) is 77.8 Å². The van der Waals surface area contributed by atoms with Crippen molar-refractivity contribution >= 4 is 11.9 Å². The van der Waals surface area contributed by atoms with Gasteiger partial charge in [0.25, 0.3) is 0 Å². The highest BCUT2D eigenvalue weighted by molar-refractivity contribution is 5.84. The lowest BCUT2D eigenvalue weighted by atomic mass is 9.93. The van der Waals surface area contributed by atoms with Gasteiger partial charge in [0.1, 0.15) is 24.0 Å². The first-order chi connectivity index (χ1) is 14.7. The number of amides is 1. The topological polar surface area (TPSA) is 167 Å². The van der Waals surface area contributed by atoms with Crippen LogP contribution in [-0.2, 0) is 20.9 Å². The molecule has 2 heterocycles. The molecule has 5 atom stereocenters. The average Bonchev–Trinajstić information content (AvgIpc) is 3.17. The normalized spacial score (nSPS) is 22.7. The van der Waals surface area contributed by atoms with Gasteiger partial charge in [-0.3, -0.25) is 4.79 Å². The van der Waals surface area contributed by atoms with E-state index in [2.05, 4.69) is 15.6 Å². The van der Waals surface area contributed by atoms with Crippen molar-refractivity contribution < 1.29 is 34.8 Å². The number of aliphatic hydroxyl groups excluding tert-OH is 3. The van der Waals surface area contributed by atoms with Gasteiger partial charge < -0.3 is 30.5 Å². The SMILES string of the molecule is CC(=O)N[C@H]1[C@H]([C@H](O)[C@H](O)Cn2cc(-c3ccc(C)cc3)nn2)OC(C(=O)O)=C[C@@H]1O. The average molecular weight is 432 g/mol. The second-order valence-electron chi connectivity index (χ2n) is 7.39. The standard InChI is InChI=1S/C20H24N4O7/c1-10-3-5-12(6-4-10)13-8-24(23-22-13)9-15(27)18(28)19-17(21-11(2)25)14(26)7-16(31-19)20(29)30/h3-8,14-15,17-19,26-28H,9H2,1-2H3,(H,21,25)(H,29,30)/t14-,15+,17+,18+,19+/m0/s1. The number of ether oxygens (including phenoxy) is 1. The van der Waals surface area contributed by atoms with Gasteiger partial charge in [-0.2, -0.15) is 0 Å². The van der Waals surface area contributed by atoms with Gasteiger partial charge in [0.15, 0.2) is 6.10 Å². The number of aliphatic hydroxyl groups is 3. The summed E-state index contributed by atoms with van der Waals surface area (Å²) in [6.45, 7) is 2.97. The highest BCUT2D eigenvalue weighted by Gasteiger charge is 2.43. The summed E-state index contributed by atoms with van der Waals surface area (Å²) < 4.78 is 6.59. The van der Waals surface area contributed by atoms with Gasteiger partial charge in [0, 0.05) is 12.5 Å². The van der Waals surface area contributed by atoms with Crippen molar-refractivity contribution in [2.24, 2.45) is 0 Å². The van der Waals surface area contributed by atoms with Gasteiger partial charge in [0.2, 0.25) is 11.7 Å². The van der Waals surface area contributed by atoms with E-state index in [0.717, 1.165) is 17.2 Å². The van der Waals surface area contributed by atoms with Crippen LogP contribution in [0, 0.1) is 6.92 Å². The van der Waals surface area contributed by atoms with E-state index in [4.69, 9.17) is 9.84 Å². The van der Waals surface area contributed by atoms with Crippen molar-refractivity contribution in [3.63, 3.8) is 0 Å². The molecule has 0 bridgehead atoms. The molecule has 0 aliphatic carbocycles. The number of carboxylic acid groups (broad SMARTS) is 1. The van der Waals surface area contributed by atoms with Crippen LogP contribution in [0.4, 0.5) is 0 Å². The Morgan fingerprint density at radius 2 is 1.94 bits per heavy atom. The summed E-state index contributed by atoms with van der Waals surface area (Å²) in [4.78, 5) is 22.7. The molecular weight excluding hydrogens is 408 g/mol. The van der Waals surface area contributed by atoms with E-state index >= 15 is 0 Å². The first-order valence-electron chi connectivity index (χ1n) is 9.56. The molecule has 1 aromatic heterocycles. The van der Waals surface area contributed by atoms with E-state index in [1.807, 2.05) is 31.2 Å². The van der Waals surface area contributed by atoms with E-state index < -0.39 is 48.1 Å². The summed E-state index contributed by atoms with van der Waals surface area (Å²) in [5, 5.41) is 51.0. The van der Waals surface area contributed by atoms with Crippen molar-refractivity contribution in [3.8, 4) is 11.3 Å². The van der Waals surface area contributed by atoms with Crippen molar-refractivity contribution in [3.05, 3.63) is 47.9 Å². The zero-order valence-electron chi connectivity index (χ0n) is 16.9. The Balaban J connectivity index is 1.75. The fraction of sp³-hybridized carbons (Fsp3) is 0.400. The van der Waals surface area contributed by atoms with Crippen LogP contribution in [0.15, 0.2) is 42.3 Å². The number of nitrogens with one attached hydrogen (secondary N) is 1. The summed E-state index contributed by atoms with van der Waals surface area (Å²) in [6, 6.07) is 6.45. The largest absolute Gasteiger partial charge is 0.478 e. The third-order valence-electron chi connectivity index (χ3n) is 4.88. The number of carbonyl (C=O) groups excluding carboxylic acids is 1. The second kappa shape index (κ2) is 9.25. The van der Waals surface area contributed by atoms with Gasteiger partial charge in [-0.15, -0.1) is 5.10 Å².